The Kier molecular flexibility index (Phi) is 3.76. The number of halogens is 1. The molecule has 2 rings (SSSR count). The molecule has 0 fully saturated rings. The molecule has 0 amide bonds. The maximum absolute atomic E-state index is 10.3. The highest BCUT2D eigenvalue weighted by Gasteiger charge is 2.08. The zero-order valence-corrected chi connectivity index (χ0v) is 10.7. The molecule has 98 valence electrons. The molecule has 1 heterocycles. The van der Waals surface area contributed by atoms with Crippen molar-refractivity contribution in [1.29, 1.82) is 0 Å². The summed E-state index contributed by atoms with van der Waals surface area (Å²) in [4.78, 5) is 17.9. The Morgan fingerprint density at radius 3 is 2.84 bits per heavy atom. The SMILES string of the molecule is Cc1cc(Oc2cc(Cl)ncn2)cc(NN=O)c1N. The first-order valence-corrected chi connectivity index (χ1v) is 5.62. The summed E-state index contributed by atoms with van der Waals surface area (Å²) in [5.41, 5.74) is 9.58. The molecule has 0 aliphatic carbocycles. The number of anilines is 2. The highest BCUT2D eigenvalue weighted by atomic mass is 35.5. The smallest absolute Gasteiger partial charge is 0.223 e. The number of nitrogens with two attached hydrogens (primary N) is 1. The lowest BCUT2D eigenvalue weighted by molar-refractivity contribution is 0.461. The fourth-order valence-electron chi connectivity index (χ4n) is 1.46. The van der Waals surface area contributed by atoms with Crippen LogP contribution in [0.15, 0.2) is 29.8 Å². The number of aryl methyl sites for hydroxylation is 1. The van der Waals surface area contributed by atoms with E-state index in [1.807, 2.05) is 0 Å². The van der Waals surface area contributed by atoms with Gasteiger partial charge in [0.25, 0.3) is 0 Å². The van der Waals surface area contributed by atoms with Gasteiger partial charge in [-0.1, -0.05) is 11.6 Å². The molecule has 0 bridgehead atoms. The minimum atomic E-state index is 0.269. The van der Waals surface area contributed by atoms with E-state index in [4.69, 9.17) is 22.1 Å². The average molecular weight is 280 g/mol. The van der Waals surface area contributed by atoms with Crippen molar-refractivity contribution < 1.29 is 4.74 Å². The van der Waals surface area contributed by atoms with Gasteiger partial charge in [0.15, 0.2) is 0 Å². The Labute approximate surface area is 113 Å². The fourth-order valence-corrected chi connectivity index (χ4v) is 1.60. The number of hydrogen-bond donors (Lipinski definition) is 2. The van der Waals surface area contributed by atoms with Crippen LogP contribution in [-0.4, -0.2) is 9.97 Å². The van der Waals surface area contributed by atoms with Crippen molar-refractivity contribution in [2.75, 3.05) is 11.2 Å². The van der Waals surface area contributed by atoms with Gasteiger partial charge in [-0.3, -0.25) is 0 Å². The number of nitrogens with one attached hydrogen (secondary N) is 1. The normalized spacial score (nSPS) is 10.0. The van der Waals surface area contributed by atoms with Crippen molar-refractivity contribution in [1.82, 2.24) is 9.97 Å². The molecule has 0 unspecified atom stereocenters. The monoisotopic (exact) mass is 279 g/mol. The molecule has 1 aromatic carbocycles. The van der Waals surface area contributed by atoms with Crippen molar-refractivity contribution in [3.63, 3.8) is 0 Å². The zero-order chi connectivity index (χ0) is 13.8. The number of hydrogen-bond acceptors (Lipinski definition) is 6. The first kappa shape index (κ1) is 13.0. The van der Waals surface area contributed by atoms with Crippen molar-refractivity contribution in [3.8, 4) is 11.6 Å². The van der Waals surface area contributed by atoms with E-state index in [1.54, 1.807) is 19.1 Å². The van der Waals surface area contributed by atoms with E-state index in [9.17, 15) is 4.91 Å². The maximum atomic E-state index is 10.3. The number of aromatic nitrogens is 2. The largest absolute Gasteiger partial charge is 0.439 e. The van der Waals surface area contributed by atoms with Gasteiger partial charge in [-0.25, -0.2) is 15.4 Å². The standard InChI is InChI=1S/C11H10ClN5O2/c1-6-2-7(3-8(11(6)13)16-17-18)19-10-4-9(12)14-5-15-10/h2-5H,13H2,1H3,(H,16,18). The summed E-state index contributed by atoms with van der Waals surface area (Å²) >= 11 is 5.73. The van der Waals surface area contributed by atoms with Crippen LogP contribution in [0.25, 0.3) is 0 Å². The summed E-state index contributed by atoms with van der Waals surface area (Å²) in [5.74, 6) is 0.738. The van der Waals surface area contributed by atoms with Gasteiger partial charge in [-0.05, 0) is 18.6 Å². The molecule has 0 radical (unpaired) electrons. The van der Waals surface area contributed by atoms with Gasteiger partial charge in [0.1, 0.15) is 17.2 Å². The highest BCUT2D eigenvalue weighted by Crippen LogP contribution is 2.31. The van der Waals surface area contributed by atoms with Crippen molar-refractivity contribution in [3.05, 3.63) is 40.2 Å². The van der Waals surface area contributed by atoms with E-state index in [-0.39, 0.29) is 11.0 Å². The van der Waals surface area contributed by atoms with E-state index < -0.39 is 0 Å². The summed E-state index contributed by atoms with van der Waals surface area (Å²) in [7, 11) is 0. The van der Waals surface area contributed by atoms with Crippen LogP contribution in [0.3, 0.4) is 0 Å². The second kappa shape index (κ2) is 5.49. The van der Waals surface area contributed by atoms with Crippen LogP contribution in [0.5, 0.6) is 11.6 Å². The molecule has 3 N–H and O–H groups in total. The van der Waals surface area contributed by atoms with Crippen LogP contribution in [0.4, 0.5) is 11.4 Å². The molecule has 2 aromatic rings. The average Bonchev–Trinajstić information content (AvgIpc) is 2.35. The minimum Gasteiger partial charge on any atom is -0.439 e. The number of nitrogens with zero attached hydrogens (tertiary/aromatic N) is 3. The first-order valence-electron chi connectivity index (χ1n) is 5.24. The Morgan fingerprint density at radius 2 is 2.16 bits per heavy atom. The van der Waals surface area contributed by atoms with Crippen LogP contribution in [-0.2, 0) is 0 Å². The molecular weight excluding hydrogens is 270 g/mol. The molecule has 1 aromatic heterocycles. The van der Waals surface area contributed by atoms with Gasteiger partial charge in [-0.2, -0.15) is 0 Å². The highest BCUT2D eigenvalue weighted by molar-refractivity contribution is 6.29. The third-order valence-electron chi connectivity index (χ3n) is 2.36. The molecule has 0 aliphatic rings. The summed E-state index contributed by atoms with van der Waals surface area (Å²) in [6.07, 6.45) is 1.29. The van der Waals surface area contributed by atoms with E-state index in [0.29, 0.717) is 17.1 Å². The van der Waals surface area contributed by atoms with E-state index >= 15 is 0 Å². The lowest BCUT2D eigenvalue weighted by Crippen LogP contribution is -1.98. The number of ether oxygens (including phenoxy) is 1. The number of rotatable bonds is 4. The number of nitrogen functional groups attached to an aromatic ring is 1. The summed E-state index contributed by atoms with van der Waals surface area (Å²) in [6, 6.07) is 4.72. The molecule has 0 aliphatic heterocycles. The molecule has 0 spiro atoms. The third-order valence-corrected chi connectivity index (χ3v) is 2.56. The number of nitroso groups, excluding NO2 is 1. The second-order valence-electron chi connectivity index (χ2n) is 3.69. The molecule has 0 saturated carbocycles. The van der Waals surface area contributed by atoms with Crippen molar-refractivity contribution in [2.24, 2.45) is 5.29 Å². The van der Waals surface area contributed by atoms with E-state index in [0.717, 1.165) is 5.56 Å². The molecule has 7 nitrogen and oxygen atoms in total. The summed E-state index contributed by atoms with van der Waals surface area (Å²) in [6.45, 7) is 1.78. The molecular formula is C11H10ClN5O2. The molecule has 0 atom stereocenters. The topological polar surface area (TPSA) is 102 Å². The van der Waals surface area contributed by atoms with Crippen LogP contribution in [0, 0.1) is 11.8 Å². The zero-order valence-electron chi connectivity index (χ0n) is 9.92. The predicted molar refractivity (Wildman–Crippen MR) is 72.1 cm³/mol. The van der Waals surface area contributed by atoms with Crippen LogP contribution in [0.2, 0.25) is 5.15 Å². The number of benzene rings is 1. The van der Waals surface area contributed by atoms with Gasteiger partial charge >= 0.3 is 0 Å². The van der Waals surface area contributed by atoms with Gasteiger partial charge in [0.05, 0.1) is 16.7 Å². The lowest BCUT2D eigenvalue weighted by atomic mass is 10.1. The van der Waals surface area contributed by atoms with Crippen molar-refractivity contribution >= 4 is 23.0 Å². The van der Waals surface area contributed by atoms with Crippen molar-refractivity contribution in [2.45, 2.75) is 6.92 Å². The molecule has 19 heavy (non-hydrogen) atoms. The fraction of sp³-hybridized carbons (Fsp3) is 0.0909. The van der Waals surface area contributed by atoms with Gasteiger partial charge < -0.3 is 10.5 Å². The van der Waals surface area contributed by atoms with E-state index in [2.05, 4.69) is 20.7 Å². The summed E-state index contributed by atoms with van der Waals surface area (Å²) < 4.78 is 5.51. The maximum Gasteiger partial charge on any atom is 0.223 e. The van der Waals surface area contributed by atoms with Crippen LogP contribution >= 0.6 is 11.6 Å². The van der Waals surface area contributed by atoms with Gasteiger partial charge in [-0.15, -0.1) is 4.91 Å². The second-order valence-corrected chi connectivity index (χ2v) is 4.07. The molecule has 0 saturated heterocycles. The Balaban J connectivity index is 2.32. The van der Waals surface area contributed by atoms with Crippen LogP contribution in [0.1, 0.15) is 5.56 Å². The Morgan fingerprint density at radius 1 is 1.37 bits per heavy atom. The van der Waals surface area contributed by atoms with E-state index in [1.165, 1.54) is 12.4 Å². The van der Waals surface area contributed by atoms with Gasteiger partial charge in [0, 0.05) is 12.1 Å². The summed E-state index contributed by atoms with van der Waals surface area (Å²) in [5, 5.41) is 2.86. The quantitative estimate of drug-likeness (QED) is 0.386. The molecule has 8 heteroatoms. The Hall–Kier alpha value is -2.41. The first-order chi connectivity index (χ1) is 9.10. The van der Waals surface area contributed by atoms with Crippen LogP contribution < -0.4 is 15.9 Å². The van der Waals surface area contributed by atoms with Gasteiger partial charge in [0.2, 0.25) is 5.88 Å². The lowest BCUT2D eigenvalue weighted by Gasteiger charge is -2.10. The Bertz CT molecular complexity index is 620. The minimum absolute atomic E-state index is 0.269. The third kappa shape index (κ3) is 3.08. The predicted octanol–water partition coefficient (Wildman–Crippen LogP) is 2.91.